The molecule has 0 spiro atoms. The van der Waals surface area contributed by atoms with E-state index < -0.39 is 0 Å². The Bertz CT molecular complexity index is 515. The molecule has 1 aromatic rings. The van der Waals surface area contributed by atoms with Crippen LogP contribution in [-0.4, -0.2) is 7.11 Å². The van der Waals surface area contributed by atoms with Crippen LogP contribution in [0.3, 0.4) is 0 Å². The van der Waals surface area contributed by atoms with Crippen molar-refractivity contribution in [2.75, 3.05) is 7.11 Å². The lowest BCUT2D eigenvalue weighted by Gasteiger charge is -2.35. The van der Waals surface area contributed by atoms with Gasteiger partial charge in [0, 0.05) is 5.56 Å². The molecule has 23 heavy (non-hydrogen) atoms. The highest BCUT2D eigenvalue weighted by Gasteiger charge is 2.31. The summed E-state index contributed by atoms with van der Waals surface area (Å²) in [5.74, 6) is 1.71. The fraction of sp³-hybridized carbons (Fsp3) is 0.727. The molecular formula is C22H38O. The Balaban J connectivity index is 3.33. The molecule has 0 amide bonds. The monoisotopic (exact) mass is 318 g/mol. The molecule has 0 aliphatic carbocycles. The van der Waals surface area contributed by atoms with Crippen LogP contribution in [0.2, 0.25) is 0 Å². The highest BCUT2D eigenvalue weighted by Crippen LogP contribution is 2.42. The predicted molar refractivity (Wildman–Crippen MR) is 103 cm³/mol. The van der Waals surface area contributed by atoms with Crippen molar-refractivity contribution in [1.82, 2.24) is 0 Å². The van der Waals surface area contributed by atoms with Gasteiger partial charge < -0.3 is 4.74 Å². The predicted octanol–water partition coefficient (Wildman–Crippen LogP) is 6.73. The van der Waals surface area contributed by atoms with Crippen LogP contribution < -0.4 is 4.74 Å². The molecule has 0 aliphatic rings. The van der Waals surface area contributed by atoms with Crippen LogP contribution in [0.5, 0.6) is 5.75 Å². The number of hydrogen-bond donors (Lipinski definition) is 0. The number of hydrogen-bond acceptors (Lipinski definition) is 1. The van der Waals surface area contributed by atoms with Crippen molar-refractivity contribution in [1.29, 1.82) is 0 Å². The zero-order valence-electron chi connectivity index (χ0n) is 17.1. The van der Waals surface area contributed by atoms with Gasteiger partial charge in [-0.2, -0.15) is 0 Å². The van der Waals surface area contributed by atoms with E-state index in [-0.39, 0.29) is 16.2 Å². The average Bonchev–Trinajstić information content (AvgIpc) is 2.33. The van der Waals surface area contributed by atoms with E-state index in [2.05, 4.69) is 80.5 Å². The molecule has 0 heterocycles. The van der Waals surface area contributed by atoms with E-state index in [0.29, 0.717) is 5.92 Å². The summed E-state index contributed by atoms with van der Waals surface area (Å²) < 4.78 is 5.69. The first-order chi connectivity index (χ1) is 10.3. The van der Waals surface area contributed by atoms with Crippen LogP contribution in [0.15, 0.2) is 18.2 Å². The molecule has 0 N–H and O–H groups in total. The summed E-state index contributed by atoms with van der Waals surface area (Å²) in [6.07, 6.45) is 2.32. The SMILES string of the molecule is COc1ccc(C(C)(C)CC(C)C)cc1C(C)(C)CC(C)(C)C. The molecule has 0 saturated heterocycles. The summed E-state index contributed by atoms with van der Waals surface area (Å²) in [6, 6.07) is 6.81. The summed E-state index contributed by atoms with van der Waals surface area (Å²) in [4.78, 5) is 0. The summed E-state index contributed by atoms with van der Waals surface area (Å²) >= 11 is 0. The normalized spacial score (nSPS) is 13.5. The smallest absolute Gasteiger partial charge is 0.122 e. The maximum atomic E-state index is 5.69. The molecule has 0 aromatic heterocycles. The quantitative estimate of drug-likeness (QED) is 0.565. The van der Waals surface area contributed by atoms with Gasteiger partial charge in [-0.1, -0.05) is 74.4 Å². The second kappa shape index (κ2) is 6.87. The van der Waals surface area contributed by atoms with Crippen molar-refractivity contribution in [2.45, 2.75) is 86.0 Å². The molecule has 0 aliphatic heterocycles. The van der Waals surface area contributed by atoms with Crippen molar-refractivity contribution in [3.05, 3.63) is 29.3 Å². The van der Waals surface area contributed by atoms with E-state index >= 15 is 0 Å². The van der Waals surface area contributed by atoms with E-state index in [4.69, 9.17) is 4.74 Å². The molecule has 1 nitrogen and oxygen atoms in total. The van der Waals surface area contributed by atoms with Gasteiger partial charge in [-0.3, -0.25) is 0 Å². The van der Waals surface area contributed by atoms with Crippen molar-refractivity contribution >= 4 is 0 Å². The zero-order valence-corrected chi connectivity index (χ0v) is 17.1. The van der Waals surface area contributed by atoms with Gasteiger partial charge in [0.15, 0.2) is 0 Å². The van der Waals surface area contributed by atoms with Crippen molar-refractivity contribution in [3.8, 4) is 5.75 Å². The maximum absolute atomic E-state index is 5.69. The van der Waals surface area contributed by atoms with Crippen LogP contribution in [0.4, 0.5) is 0 Å². The van der Waals surface area contributed by atoms with Gasteiger partial charge in [0.05, 0.1) is 7.11 Å². The average molecular weight is 319 g/mol. The Morgan fingerprint density at radius 3 is 1.91 bits per heavy atom. The maximum Gasteiger partial charge on any atom is 0.122 e. The van der Waals surface area contributed by atoms with Crippen molar-refractivity contribution in [3.63, 3.8) is 0 Å². The third kappa shape index (κ3) is 5.55. The van der Waals surface area contributed by atoms with E-state index in [1.165, 1.54) is 17.5 Å². The molecule has 132 valence electrons. The lowest BCUT2D eigenvalue weighted by atomic mass is 9.70. The second-order valence-electron chi connectivity index (χ2n) is 10.0. The van der Waals surface area contributed by atoms with Crippen LogP contribution in [0.25, 0.3) is 0 Å². The lowest BCUT2D eigenvalue weighted by molar-refractivity contribution is 0.276. The minimum absolute atomic E-state index is 0.0908. The molecule has 1 aromatic carbocycles. The van der Waals surface area contributed by atoms with Gasteiger partial charge >= 0.3 is 0 Å². The molecule has 1 heteroatoms. The fourth-order valence-electron chi connectivity index (χ4n) is 4.22. The van der Waals surface area contributed by atoms with Gasteiger partial charge in [-0.05, 0) is 46.6 Å². The van der Waals surface area contributed by atoms with Crippen LogP contribution in [0.1, 0.15) is 86.3 Å². The molecular weight excluding hydrogens is 280 g/mol. The molecule has 0 saturated carbocycles. The number of rotatable bonds is 6. The van der Waals surface area contributed by atoms with Gasteiger partial charge in [0.25, 0.3) is 0 Å². The Morgan fingerprint density at radius 2 is 1.48 bits per heavy atom. The summed E-state index contributed by atoms with van der Waals surface area (Å²) in [5.41, 5.74) is 3.33. The Labute approximate surface area is 144 Å². The van der Waals surface area contributed by atoms with E-state index in [1.807, 2.05) is 0 Å². The summed E-state index contributed by atoms with van der Waals surface area (Å²) in [6.45, 7) is 20.9. The standard InChI is InChI=1S/C22H38O/c1-16(2)14-21(6,7)17-11-12-19(23-10)18(13-17)22(8,9)15-20(3,4)5/h11-13,16H,14-15H2,1-10H3. The van der Waals surface area contributed by atoms with Crippen LogP contribution >= 0.6 is 0 Å². The molecule has 0 unspecified atom stereocenters. The number of ether oxygens (including phenoxy) is 1. The molecule has 0 atom stereocenters. The lowest BCUT2D eigenvalue weighted by Crippen LogP contribution is -2.27. The Hall–Kier alpha value is -0.980. The van der Waals surface area contributed by atoms with E-state index in [0.717, 1.165) is 12.2 Å². The van der Waals surface area contributed by atoms with Gasteiger partial charge in [0.2, 0.25) is 0 Å². The Kier molecular flexibility index (Phi) is 5.99. The second-order valence-corrected chi connectivity index (χ2v) is 10.0. The van der Waals surface area contributed by atoms with Gasteiger partial charge in [-0.15, -0.1) is 0 Å². The fourth-order valence-corrected chi connectivity index (χ4v) is 4.22. The highest BCUT2D eigenvalue weighted by molar-refractivity contribution is 5.44. The third-order valence-corrected chi connectivity index (χ3v) is 4.60. The highest BCUT2D eigenvalue weighted by atomic mass is 16.5. The third-order valence-electron chi connectivity index (χ3n) is 4.60. The van der Waals surface area contributed by atoms with E-state index in [9.17, 15) is 0 Å². The number of benzene rings is 1. The number of methoxy groups -OCH3 is 1. The molecule has 0 radical (unpaired) electrons. The first-order valence-electron chi connectivity index (χ1n) is 8.97. The summed E-state index contributed by atoms with van der Waals surface area (Å²) in [7, 11) is 1.78. The minimum atomic E-state index is 0.0908. The van der Waals surface area contributed by atoms with Gasteiger partial charge in [0.1, 0.15) is 5.75 Å². The minimum Gasteiger partial charge on any atom is -0.496 e. The molecule has 1 rings (SSSR count). The van der Waals surface area contributed by atoms with Crippen LogP contribution in [-0.2, 0) is 10.8 Å². The molecule has 0 bridgehead atoms. The largest absolute Gasteiger partial charge is 0.496 e. The topological polar surface area (TPSA) is 9.23 Å². The van der Waals surface area contributed by atoms with Gasteiger partial charge in [-0.25, -0.2) is 0 Å². The first kappa shape index (κ1) is 20.1. The zero-order chi connectivity index (χ0) is 18.1. The van der Waals surface area contributed by atoms with E-state index in [1.54, 1.807) is 7.11 Å². The first-order valence-corrected chi connectivity index (χ1v) is 8.97. The Morgan fingerprint density at radius 1 is 0.913 bits per heavy atom. The molecule has 0 fully saturated rings. The van der Waals surface area contributed by atoms with Crippen molar-refractivity contribution in [2.24, 2.45) is 11.3 Å². The van der Waals surface area contributed by atoms with Crippen LogP contribution in [0, 0.1) is 11.3 Å². The summed E-state index contributed by atoms with van der Waals surface area (Å²) in [5, 5.41) is 0. The van der Waals surface area contributed by atoms with Crippen molar-refractivity contribution < 1.29 is 4.74 Å².